The molecule has 0 N–H and O–H groups in total. The third-order valence-electron chi connectivity index (χ3n) is 1.34. The average molecular weight is 206 g/mol. The van der Waals surface area contributed by atoms with Crippen molar-refractivity contribution in [3.05, 3.63) is 0 Å². The van der Waals surface area contributed by atoms with Crippen molar-refractivity contribution in [3.63, 3.8) is 0 Å². The summed E-state index contributed by atoms with van der Waals surface area (Å²) in [4.78, 5) is 0. The van der Waals surface area contributed by atoms with E-state index in [0.717, 1.165) is 5.75 Å². The standard InChI is InChI=1S/C9H22OSSi/c1-7-11-9(8(2)3)10-12(4,5)6/h8-9H,7H2,1-6H3. The normalized spacial score (nSPS) is 15.2. The van der Waals surface area contributed by atoms with E-state index < -0.39 is 8.32 Å². The molecule has 0 fully saturated rings. The molecule has 3 heteroatoms. The van der Waals surface area contributed by atoms with Gasteiger partial charge in [-0.3, -0.25) is 0 Å². The summed E-state index contributed by atoms with van der Waals surface area (Å²) in [5, 5.41) is 0. The van der Waals surface area contributed by atoms with Gasteiger partial charge in [-0.15, -0.1) is 11.8 Å². The van der Waals surface area contributed by atoms with Crippen LogP contribution in [0, 0.1) is 5.92 Å². The SMILES string of the molecule is CCSC(O[Si](C)(C)C)C(C)C. The molecule has 0 spiro atoms. The Hall–Kier alpha value is 0.527. The van der Waals surface area contributed by atoms with Crippen LogP contribution in [0.3, 0.4) is 0 Å². The largest absolute Gasteiger partial charge is 0.406 e. The van der Waals surface area contributed by atoms with Crippen LogP contribution in [-0.4, -0.2) is 19.5 Å². The molecule has 0 aromatic rings. The zero-order valence-electron chi connectivity index (χ0n) is 9.18. The number of rotatable bonds is 5. The van der Waals surface area contributed by atoms with E-state index in [-0.39, 0.29) is 0 Å². The third kappa shape index (κ3) is 6.09. The fraction of sp³-hybridized carbons (Fsp3) is 1.00. The molecule has 1 nitrogen and oxygen atoms in total. The van der Waals surface area contributed by atoms with Crippen LogP contribution in [0.4, 0.5) is 0 Å². The van der Waals surface area contributed by atoms with Crippen molar-refractivity contribution in [2.24, 2.45) is 5.92 Å². The highest BCUT2D eigenvalue weighted by atomic mass is 32.2. The van der Waals surface area contributed by atoms with Crippen LogP contribution in [-0.2, 0) is 4.43 Å². The third-order valence-corrected chi connectivity index (χ3v) is 3.78. The van der Waals surface area contributed by atoms with E-state index in [2.05, 4.69) is 40.4 Å². The zero-order chi connectivity index (χ0) is 9.78. The Kier molecular flexibility index (Phi) is 5.53. The second-order valence-corrected chi connectivity index (χ2v) is 10.1. The molecule has 0 saturated heterocycles. The Balaban J connectivity index is 3.95. The molecule has 74 valence electrons. The maximum absolute atomic E-state index is 6.04. The summed E-state index contributed by atoms with van der Waals surface area (Å²) in [6.45, 7) is 13.4. The van der Waals surface area contributed by atoms with Gasteiger partial charge >= 0.3 is 0 Å². The molecule has 0 radical (unpaired) electrons. The van der Waals surface area contributed by atoms with Crippen molar-refractivity contribution < 1.29 is 4.43 Å². The molecule has 1 unspecified atom stereocenters. The first-order chi connectivity index (χ1) is 5.37. The lowest BCUT2D eigenvalue weighted by Crippen LogP contribution is -2.33. The van der Waals surface area contributed by atoms with Gasteiger partial charge in [-0.25, -0.2) is 0 Å². The quantitative estimate of drug-likeness (QED) is 0.502. The molecule has 0 aromatic heterocycles. The molecule has 0 bridgehead atoms. The monoisotopic (exact) mass is 206 g/mol. The lowest BCUT2D eigenvalue weighted by Gasteiger charge is -2.28. The topological polar surface area (TPSA) is 9.23 Å². The second kappa shape index (κ2) is 5.30. The molecular formula is C9H22OSSi. The van der Waals surface area contributed by atoms with Crippen molar-refractivity contribution in [1.29, 1.82) is 0 Å². The first kappa shape index (κ1) is 12.5. The number of hydrogen-bond acceptors (Lipinski definition) is 2. The Bertz CT molecular complexity index is 120. The van der Waals surface area contributed by atoms with Gasteiger partial charge in [0.15, 0.2) is 8.32 Å². The summed E-state index contributed by atoms with van der Waals surface area (Å²) in [6, 6.07) is 0. The highest BCUT2D eigenvalue weighted by molar-refractivity contribution is 7.99. The smallest absolute Gasteiger partial charge is 0.185 e. The molecule has 0 amide bonds. The second-order valence-electron chi connectivity index (χ2n) is 4.30. The van der Waals surface area contributed by atoms with Crippen molar-refractivity contribution in [2.45, 2.75) is 45.8 Å². The van der Waals surface area contributed by atoms with Crippen LogP contribution in [0.1, 0.15) is 20.8 Å². The Morgan fingerprint density at radius 3 is 2.00 bits per heavy atom. The van der Waals surface area contributed by atoms with Crippen molar-refractivity contribution >= 4 is 20.1 Å². The summed E-state index contributed by atoms with van der Waals surface area (Å²) in [5.41, 5.74) is 0.404. The first-order valence-corrected chi connectivity index (χ1v) is 9.12. The van der Waals surface area contributed by atoms with Gasteiger partial charge in [0.1, 0.15) is 0 Å². The predicted octanol–water partition coefficient (Wildman–Crippen LogP) is 3.57. The van der Waals surface area contributed by atoms with Crippen LogP contribution in [0.5, 0.6) is 0 Å². The molecule has 0 aliphatic heterocycles. The molecule has 0 heterocycles. The Labute approximate surface area is 82.4 Å². The highest BCUT2D eigenvalue weighted by Crippen LogP contribution is 2.24. The summed E-state index contributed by atoms with van der Waals surface area (Å²) >= 11 is 1.92. The van der Waals surface area contributed by atoms with Gasteiger partial charge in [0.2, 0.25) is 0 Å². The van der Waals surface area contributed by atoms with Crippen LogP contribution in [0.25, 0.3) is 0 Å². The molecule has 0 aliphatic rings. The van der Waals surface area contributed by atoms with Crippen LogP contribution < -0.4 is 0 Å². The maximum atomic E-state index is 6.04. The average Bonchev–Trinajstić information content (AvgIpc) is 1.83. The van der Waals surface area contributed by atoms with Gasteiger partial charge in [0.25, 0.3) is 0 Å². The number of thioether (sulfide) groups is 1. The lowest BCUT2D eigenvalue weighted by molar-refractivity contribution is 0.230. The molecule has 0 aromatic carbocycles. The molecule has 0 aliphatic carbocycles. The Morgan fingerprint density at radius 2 is 1.75 bits per heavy atom. The van der Waals surface area contributed by atoms with Gasteiger partial charge in [0, 0.05) is 0 Å². The van der Waals surface area contributed by atoms with Gasteiger partial charge < -0.3 is 4.43 Å². The minimum atomic E-state index is -1.34. The molecule has 0 saturated carbocycles. The predicted molar refractivity (Wildman–Crippen MR) is 61.2 cm³/mol. The zero-order valence-corrected chi connectivity index (χ0v) is 11.0. The van der Waals surface area contributed by atoms with Crippen molar-refractivity contribution in [1.82, 2.24) is 0 Å². The van der Waals surface area contributed by atoms with Gasteiger partial charge in [-0.1, -0.05) is 20.8 Å². The number of hydrogen-bond donors (Lipinski definition) is 0. The molecule has 12 heavy (non-hydrogen) atoms. The Morgan fingerprint density at radius 1 is 1.25 bits per heavy atom. The van der Waals surface area contributed by atoms with E-state index >= 15 is 0 Å². The minimum absolute atomic E-state index is 0.404. The van der Waals surface area contributed by atoms with Crippen LogP contribution in [0.15, 0.2) is 0 Å². The minimum Gasteiger partial charge on any atom is -0.406 e. The van der Waals surface area contributed by atoms with E-state index in [1.807, 2.05) is 11.8 Å². The van der Waals surface area contributed by atoms with E-state index in [1.165, 1.54) is 0 Å². The van der Waals surface area contributed by atoms with Crippen molar-refractivity contribution in [2.75, 3.05) is 5.75 Å². The van der Waals surface area contributed by atoms with Gasteiger partial charge in [-0.05, 0) is 31.3 Å². The summed E-state index contributed by atoms with van der Waals surface area (Å²) in [5.74, 6) is 1.77. The fourth-order valence-electron chi connectivity index (χ4n) is 0.875. The summed E-state index contributed by atoms with van der Waals surface area (Å²) < 4.78 is 6.04. The summed E-state index contributed by atoms with van der Waals surface area (Å²) in [7, 11) is -1.34. The van der Waals surface area contributed by atoms with Crippen molar-refractivity contribution in [3.8, 4) is 0 Å². The van der Waals surface area contributed by atoms with Gasteiger partial charge in [-0.2, -0.15) is 0 Å². The molecule has 1 atom stereocenters. The van der Waals surface area contributed by atoms with E-state index in [1.54, 1.807) is 0 Å². The highest BCUT2D eigenvalue weighted by Gasteiger charge is 2.22. The molecular weight excluding hydrogens is 184 g/mol. The summed E-state index contributed by atoms with van der Waals surface area (Å²) in [6.07, 6.45) is 0. The lowest BCUT2D eigenvalue weighted by atomic mass is 10.2. The van der Waals surface area contributed by atoms with Crippen LogP contribution in [0.2, 0.25) is 19.6 Å². The van der Waals surface area contributed by atoms with E-state index in [0.29, 0.717) is 11.4 Å². The molecule has 0 rings (SSSR count). The fourth-order valence-corrected chi connectivity index (χ4v) is 3.70. The van der Waals surface area contributed by atoms with E-state index in [4.69, 9.17) is 4.43 Å². The van der Waals surface area contributed by atoms with Gasteiger partial charge in [0.05, 0.1) is 5.44 Å². The van der Waals surface area contributed by atoms with E-state index in [9.17, 15) is 0 Å². The first-order valence-electron chi connectivity index (χ1n) is 4.66. The maximum Gasteiger partial charge on any atom is 0.185 e. The van der Waals surface area contributed by atoms with Crippen LogP contribution >= 0.6 is 11.8 Å².